The van der Waals surface area contributed by atoms with Gasteiger partial charge in [0.1, 0.15) is 36.6 Å². The quantitative estimate of drug-likeness (QED) is 0.151. The predicted octanol–water partition coefficient (Wildman–Crippen LogP) is -6.99. The topological polar surface area (TPSA) is 297 Å². The van der Waals surface area contributed by atoms with E-state index in [0.717, 1.165) is 0 Å². The van der Waals surface area contributed by atoms with Gasteiger partial charge >= 0.3 is 11.9 Å². The van der Waals surface area contributed by atoms with E-state index in [9.17, 15) is 9.59 Å². The van der Waals surface area contributed by atoms with Crippen LogP contribution in [0, 0.1) is 0 Å². The molecule has 13 N–H and O–H groups in total. The minimum absolute atomic E-state index is 0.250. The molecule has 0 aliphatic heterocycles. The first-order valence-electron chi connectivity index (χ1n) is 7.97. The summed E-state index contributed by atoms with van der Waals surface area (Å²) in [6.07, 6.45) is -15.7. The van der Waals surface area contributed by atoms with Gasteiger partial charge in [0.2, 0.25) is 0 Å². The van der Waals surface area contributed by atoms with Gasteiger partial charge in [0, 0.05) is 6.61 Å². The fourth-order valence-electron chi connectivity index (χ4n) is 1.34. The average molecular weight is 438 g/mol. The van der Waals surface area contributed by atoms with Gasteiger partial charge in [-0.3, -0.25) is 0 Å². The molecule has 0 rings (SSSR count). The summed E-state index contributed by atoms with van der Waals surface area (Å²) in [5.74, 6) is -3.45. The van der Waals surface area contributed by atoms with Crippen molar-refractivity contribution in [3.63, 3.8) is 0 Å². The maximum absolute atomic E-state index is 10.1. The zero-order chi connectivity index (χ0) is 23.9. The number of aliphatic hydroxyl groups excluding tert-OH is 11. The Kier molecular flexibility index (Phi) is 19.3. The Bertz CT molecular complexity index is 395. The van der Waals surface area contributed by atoms with Gasteiger partial charge in [-0.2, -0.15) is 0 Å². The van der Waals surface area contributed by atoms with Gasteiger partial charge in [-0.05, 0) is 6.92 Å². The lowest BCUT2D eigenvalue weighted by atomic mass is 10.0. The Hall–Kier alpha value is -1.50. The zero-order valence-corrected chi connectivity index (χ0v) is 15.4. The predicted molar refractivity (Wildman–Crippen MR) is 90.3 cm³/mol. The van der Waals surface area contributed by atoms with Gasteiger partial charge in [0.05, 0.1) is 13.2 Å². The summed E-state index contributed by atoms with van der Waals surface area (Å²) in [7, 11) is 0. The number of hydrogen-bond acceptors (Lipinski definition) is 13. The van der Waals surface area contributed by atoms with Crippen LogP contribution in [0.3, 0.4) is 0 Å². The second-order valence-electron chi connectivity index (χ2n) is 5.34. The molecule has 15 nitrogen and oxygen atoms in total. The molecule has 0 heterocycles. The third-order valence-electron chi connectivity index (χ3n) is 3.02. The Morgan fingerprint density at radius 2 is 0.793 bits per heavy atom. The van der Waals surface area contributed by atoms with Crippen molar-refractivity contribution in [1.29, 1.82) is 0 Å². The van der Waals surface area contributed by atoms with Gasteiger partial charge < -0.3 is 66.4 Å². The molecule has 0 fully saturated rings. The van der Waals surface area contributed by atoms with Crippen LogP contribution in [0.4, 0.5) is 0 Å². The highest BCUT2D eigenvalue weighted by molar-refractivity contribution is 5.73. The van der Waals surface area contributed by atoms with Gasteiger partial charge in [0.15, 0.2) is 12.2 Å². The Morgan fingerprint density at radius 3 is 0.931 bits per heavy atom. The van der Waals surface area contributed by atoms with Crippen LogP contribution in [-0.2, 0) is 9.59 Å². The number of carboxylic acid groups (broad SMARTS) is 2. The number of rotatable bonds is 10. The van der Waals surface area contributed by atoms with Gasteiger partial charge in [-0.1, -0.05) is 0 Å². The van der Waals surface area contributed by atoms with E-state index in [4.69, 9.17) is 66.4 Å². The molecule has 0 radical (unpaired) electrons. The third-order valence-corrected chi connectivity index (χ3v) is 3.02. The molecule has 0 amide bonds. The number of aliphatic carboxylic acids is 2. The van der Waals surface area contributed by atoms with Crippen LogP contribution >= 0.6 is 0 Å². The smallest absolute Gasteiger partial charge is 0.335 e. The highest BCUT2D eigenvalue weighted by Crippen LogP contribution is 2.05. The van der Waals surface area contributed by atoms with Crippen molar-refractivity contribution in [3.05, 3.63) is 0 Å². The first kappa shape index (κ1) is 32.2. The molecule has 29 heavy (non-hydrogen) atoms. The van der Waals surface area contributed by atoms with Crippen LogP contribution in [0.1, 0.15) is 6.92 Å². The maximum Gasteiger partial charge on any atom is 0.335 e. The van der Waals surface area contributed by atoms with E-state index in [1.807, 2.05) is 0 Å². The van der Waals surface area contributed by atoms with Crippen LogP contribution in [0.2, 0.25) is 0 Å². The van der Waals surface area contributed by atoms with E-state index >= 15 is 0 Å². The van der Waals surface area contributed by atoms with E-state index < -0.39 is 74.0 Å². The van der Waals surface area contributed by atoms with Crippen LogP contribution in [0.25, 0.3) is 0 Å². The van der Waals surface area contributed by atoms with Crippen molar-refractivity contribution in [3.8, 4) is 0 Å². The first-order valence-corrected chi connectivity index (χ1v) is 7.97. The van der Waals surface area contributed by atoms with Crippen LogP contribution in [0.5, 0.6) is 0 Å². The lowest BCUT2D eigenvalue weighted by Gasteiger charge is -2.23. The monoisotopic (exact) mass is 438 g/mol. The summed E-state index contributed by atoms with van der Waals surface area (Å²) in [4.78, 5) is 20.2. The van der Waals surface area contributed by atoms with Crippen molar-refractivity contribution in [2.75, 3.05) is 19.8 Å². The molecule has 0 bridgehead atoms. The van der Waals surface area contributed by atoms with Crippen LogP contribution in [-0.4, -0.2) is 147 Å². The summed E-state index contributed by atoms with van der Waals surface area (Å²) < 4.78 is 0. The SMILES string of the molecule is CCO.O=C(O)[C@H](O)[C@@H](O)[C@H](O)[C@H](O)CO.O=C(O)[C@H](O)[C@@H](O)[C@H](O)[C@H](O)CO. The average Bonchev–Trinajstić information content (AvgIpc) is 2.69. The molecule has 0 unspecified atom stereocenters. The molecular formula is C14H30O15. The number of hydrogen-bond donors (Lipinski definition) is 13. The third kappa shape index (κ3) is 13.4. The summed E-state index contributed by atoms with van der Waals surface area (Å²) in [6, 6.07) is 0. The van der Waals surface area contributed by atoms with E-state index in [1.165, 1.54) is 0 Å². The largest absolute Gasteiger partial charge is 0.479 e. The summed E-state index contributed by atoms with van der Waals surface area (Å²) in [5.41, 5.74) is 0. The molecular weight excluding hydrogens is 408 g/mol. The van der Waals surface area contributed by atoms with Crippen molar-refractivity contribution in [2.45, 2.75) is 55.8 Å². The minimum atomic E-state index is -2.20. The second-order valence-corrected chi connectivity index (χ2v) is 5.34. The fourth-order valence-corrected chi connectivity index (χ4v) is 1.34. The van der Waals surface area contributed by atoms with Crippen molar-refractivity contribution in [1.82, 2.24) is 0 Å². The lowest BCUT2D eigenvalue weighted by molar-refractivity contribution is -0.164. The van der Waals surface area contributed by atoms with Crippen LogP contribution in [0.15, 0.2) is 0 Å². The highest BCUT2D eigenvalue weighted by Gasteiger charge is 2.34. The summed E-state index contributed by atoms with van der Waals surface area (Å²) in [6.45, 7) is 0.245. The Labute approximate surface area is 164 Å². The standard InChI is InChI=1S/2C6H12O7.C2H6O/c2*7-1-2(8)3(9)4(10)5(11)6(12)13;1-2-3/h2*2-5,7-11H,1H2,(H,12,13);3H,2H2,1H3/t2*2-,3-,4+,5-;/m11./s1. The van der Waals surface area contributed by atoms with Gasteiger partial charge in [-0.25, -0.2) is 9.59 Å². The van der Waals surface area contributed by atoms with E-state index in [1.54, 1.807) is 6.92 Å². The molecule has 8 atom stereocenters. The molecule has 0 aliphatic carbocycles. The molecule has 0 saturated carbocycles. The normalized spacial score (nSPS) is 18.9. The molecule has 15 heteroatoms. The molecule has 0 aromatic carbocycles. The van der Waals surface area contributed by atoms with Crippen molar-refractivity contribution >= 4 is 11.9 Å². The zero-order valence-electron chi connectivity index (χ0n) is 15.4. The molecule has 0 saturated heterocycles. The van der Waals surface area contributed by atoms with E-state index in [0.29, 0.717) is 0 Å². The Morgan fingerprint density at radius 1 is 0.586 bits per heavy atom. The molecule has 0 spiro atoms. The summed E-state index contributed by atoms with van der Waals surface area (Å²) >= 11 is 0. The molecule has 0 aliphatic rings. The first-order chi connectivity index (χ1) is 13.2. The van der Waals surface area contributed by atoms with Crippen molar-refractivity contribution < 1.29 is 76.0 Å². The number of carbonyl (C=O) groups is 2. The lowest BCUT2D eigenvalue weighted by Crippen LogP contribution is -2.48. The maximum atomic E-state index is 10.1. The molecule has 0 aromatic rings. The molecule has 176 valence electrons. The molecule has 0 aromatic heterocycles. The summed E-state index contributed by atoms with van der Waals surface area (Å²) in [5, 5.41) is 111. The fraction of sp³-hybridized carbons (Fsp3) is 0.857. The van der Waals surface area contributed by atoms with Gasteiger partial charge in [-0.15, -0.1) is 0 Å². The van der Waals surface area contributed by atoms with Gasteiger partial charge in [0.25, 0.3) is 0 Å². The van der Waals surface area contributed by atoms with Crippen LogP contribution < -0.4 is 0 Å². The van der Waals surface area contributed by atoms with Crippen molar-refractivity contribution in [2.24, 2.45) is 0 Å². The van der Waals surface area contributed by atoms with E-state index in [2.05, 4.69) is 0 Å². The second kappa shape index (κ2) is 17.4. The number of carboxylic acids is 2. The number of aliphatic hydroxyl groups is 11. The highest BCUT2D eigenvalue weighted by atomic mass is 16.4. The Balaban J connectivity index is -0.000000410. The minimum Gasteiger partial charge on any atom is -0.479 e. The van der Waals surface area contributed by atoms with E-state index in [-0.39, 0.29) is 6.61 Å².